The van der Waals surface area contributed by atoms with Crippen LogP contribution in [0.25, 0.3) is 0 Å². The lowest BCUT2D eigenvalue weighted by molar-refractivity contribution is -0.136. The number of fused-ring (bicyclic) bond motifs is 1. The van der Waals surface area contributed by atoms with Gasteiger partial charge in [-0.05, 0) is 29.7 Å². The molecule has 2 aromatic rings. The third-order valence-electron chi connectivity index (χ3n) is 7.02. The summed E-state index contributed by atoms with van der Waals surface area (Å²) in [6.07, 6.45) is 0.185. The highest BCUT2D eigenvalue weighted by atomic mass is 32.2. The van der Waals surface area contributed by atoms with E-state index >= 15 is 0 Å². The molecule has 10 heteroatoms. The maximum atomic E-state index is 14.8. The first-order valence-corrected chi connectivity index (χ1v) is 13.0. The lowest BCUT2D eigenvalue weighted by atomic mass is 10.0. The van der Waals surface area contributed by atoms with Gasteiger partial charge in [0.05, 0.1) is 0 Å². The van der Waals surface area contributed by atoms with Crippen LogP contribution in [-0.4, -0.2) is 52.6 Å². The van der Waals surface area contributed by atoms with E-state index in [9.17, 15) is 27.6 Å². The number of halogens is 3. The van der Waals surface area contributed by atoms with Crippen molar-refractivity contribution in [3.63, 3.8) is 0 Å². The highest BCUT2D eigenvalue weighted by Gasteiger charge is 2.40. The Morgan fingerprint density at radius 2 is 1.69 bits per heavy atom. The van der Waals surface area contributed by atoms with Crippen molar-refractivity contribution in [1.29, 1.82) is 0 Å². The number of nitrogens with one attached hydrogen (secondary N) is 1. The molecule has 36 heavy (non-hydrogen) atoms. The van der Waals surface area contributed by atoms with E-state index in [1.165, 1.54) is 28.8 Å². The third-order valence-corrected chi connectivity index (χ3v) is 8.23. The normalized spacial score (nSPS) is 22.0. The summed E-state index contributed by atoms with van der Waals surface area (Å²) in [4.78, 5) is 40.6. The first-order chi connectivity index (χ1) is 17.2. The van der Waals surface area contributed by atoms with Crippen molar-refractivity contribution >= 4 is 29.5 Å². The number of carbonyl (C=O) groups is 3. The van der Waals surface area contributed by atoms with Crippen LogP contribution in [0.1, 0.15) is 52.7 Å². The van der Waals surface area contributed by atoms with Gasteiger partial charge in [-0.15, -0.1) is 11.8 Å². The Morgan fingerprint density at radius 3 is 2.39 bits per heavy atom. The number of nitrogens with zero attached hydrogens (tertiary/aromatic N) is 2. The van der Waals surface area contributed by atoms with Gasteiger partial charge in [0.2, 0.25) is 11.8 Å². The number of imide groups is 1. The monoisotopic (exact) mass is 517 g/mol. The van der Waals surface area contributed by atoms with E-state index in [1.807, 2.05) is 29.2 Å². The zero-order valence-corrected chi connectivity index (χ0v) is 20.4. The number of likely N-dealkylation sites (tertiary alicyclic amines) is 1. The average Bonchev–Trinajstić information content (AvgIpc) is 3.17. The Bertz CT molecular complexity index is 1190. The number of carbonyl (C=O) groups excluding carboxylic acids is 3. The van der Waals surface area contributed by atoms with E-state index in [1.54, 1.807) is 0 Å². The summed E-state index contributed by atoms with van der Waals surface area (Å²) >= 11 is 1.30. The zero-order valence-electron chi connectivity index (χ0n) is 19.6. The fraction of sp³-hybridized carbons (Fsp3) is 0.423. The largest absolute Gasteiger partial charge is 0.322 e. The van der Waals surface area contributed by atoms with Gasteiger partial charge >= 0.3 is 0 Å². The van der Waals surface area contributed by atoms with E-state index in [-0.39, 0.29) is 44.0 Å². The molecule has 190 valence electrons. The number of alkyl halides is 2. The van der Waals surface area contributed by atoms with Crippen molar-refractivity contribution in [2.45, 2.75) is 61.4 Å². The van der Waals surface area contributed by atoms with Crippen molar-refractivity contribution in [2.24, 2.45) is 0 Å². The molecule has 3 aliphatic heterocycles. The molecule has 2 aromatic carbocycles. The van der Waals surface area contributed by atoms with E-state index in [2.05, 4.69) is 5.32 Å². The summed E-state index contributed by atoms with van der Waals surface area (Å²) in [5.41, 5.74) is 2.95. The van der Waals surface area contributed by atoms with Crippen molar-refractivity contribution < 1.29 is 27.6 Å². The molecular weight excluding hydrogens is 491 g/mol. The van der Waals surface area contributed by atoms with E-state index in [0.29, 0.717) is 41.4 Å². The van der Waals surface area contributed by atoms with Gasteiger partial charge in [0.15, 0.2) is 0 Å². The number of thioether (sulfide) groups is 1. The van der Waals surface area contributed by atoms with Gasteiger partial charge in [0, 0.05) is 67.2 Å². The van der Waals surface area contributed by atoms with Crippen LogP contribution in [0, 0.1) is 5.82 Å². The Morgan fingerprint density at radius 1 is 1.00 bits per heavy atom. The van der Waals surface area contributed by atoms with Crippen molar-refractivity contribution in [3.8, 4) is 0 Å². The Labute approximate surface area is 211 Å². The predicted octanol–water partition coefficient (Wildman–Crippen LogP) is 4.11. The van der Waals surface area contributed by atoms with E-state index in [0.717, 1.165) is 11.1 Å². The smallest absolute Gasteiger partial charge is 0.255 e. The molecule has 3 amide bonds. The number of piperidine rings is 2. The van der Waals surface area contributed by atoms with Crippen molar-refractivity contribution in [2.75, 3.05) is 13.1 Å². The average molecular weight is 518 g/mol. The van der Waals surface area contributed by atoms with Crippen LogP contribution in [0.4, 0.5) is 13.2 Å². The summed E-state index contributed by atoms with van der Waals surface area (Å²) in [5.74, 6) is -3.69. The van der Waals surface area contributed by atoms with Crippen LogP contribution in [0.15, 0.2) is 41.3 Å². The van der Waals surface area contributed by atoms with Gasteiger partial charge in [-0.25, -0.2) is 13.2 Å². The second-order valence-electron chi connectivity index (χ2n) is 9.54. The molecule has 0 saturated carbocycles. The molecule has 5 rings (SSSR count). The van der Waals surface area contributed by atoms with Gasteiger partial charge in [0.25, 0.3) is 11.8 Å². The molecule has 3 heterocycles. The van der Waals surface area contributed by atoms with Crippen LogP contribution in [0.5, 0.6) is 0 Å². The number of rotatable bonds is 6. The molecule has 0 spiro atoms. The van der Waals surface area contributed by atoms with Crippen molar-refractivity contribution in [3.05, 3.63) is 64.5 Å². The molecule has 1 atom stereocenters. The van der Waals surface area contributed by atoms with Gasteiger partial charge in [-0.3, -0.25) is 24.6 Å². The molecule has 2 fully saturated rings. The maximum absolute atomic E-state index is 14.8. The van der Waals surface area contributed by atoms with Crippen molar-refractivity contribution in [1.82, 2.24) is 15.1 Å². The quantitative estimate of drug-likeness (QED) is 0.462. The topological polar surface area (TPSA) is 69.7 Å². The van der Waals surface area contributed by atoms with Crippen LogP contribution < -0.4 is 5.32 Å². The minimum absolute atomic E-state index is 0.113. The third kappa shape index (κ3) is 5.15. The Balaban J connectivity index is 1.23. The number of hydrogen-bond acceptors (Lipinski definition) is 5. The Kier molecular flexibility index (Phi) is 6.82. The van der Waals surface area contributed by atoms with Gasteiger partial charge in [-0.1, -0.05) is 24.3 Å². The Hall–Kier alpha value is -2.85. The maximum Gasteiger partial charge on any atom is 0.255 e. The van der Waals surface area contributed by atoms with Crippen LogP contribution in [0.3, 0.4) is 0 Å². The summed E-state index contributed by atoms with van der Waals surface area (Å²) in [6, 6.07) is 9.80. The number of benzene rings is 2. The number of amides is 3. The molecule has 0 aromatic heterocycles. The van der Waals surface area contributed by atoms with E-state index < -0.39 is 23.7 Å². The molecule has 0 bridgehead atoms. The summed E-state index contributed by atoms with van der Waals surface area (Å²) in [7, 11) is 0. The van der Waals surface area contributed by atoms with E-state index in [4.69, 9.17) is 0 Å². The summed E-state index contributed by atoms with van der Waals surface area (Å²) < 4.78 is 41.6. The molecule has 1 unspecified atom stereocenters. The highest BCUT2D eigenvalue weighted by Crippen LogP contribution is 2.37. The molecule has 3 aliphatic rings. The lowest BCUT2D eigenvalue weighted by Crippen LogP contribution is -2.52. The molecule has 1 N–H and O–H groups in total. The highest BCUT2D eigenvalue weighted by molar-refractivity contribution is 7.98. The minimum Gasteiger partial charge on any atom is -0.322 e. The first kappa shape index (κ1) is 24.8. The van der Waals surface area contributed by atoms with Crippen LogP contribution in [-0.2, 0) is 28.4 Å². The molecular formula is C26H26F3N3O3S. The SMILES string of the molecule is O=C1CCC(N2Cc3c(ccc(F)c3SCc3ccc(CN4CCC(F)(F)CC4)cc3)C2=O)C(=O)N1. The molecule has 2 saturated heterocycles. The predicted molar refractivity (Wildman–Crippen MR) is 128 cm³/mol. The molecule has 0 radical (unpaired) electrons. The van der Waals surface area contributed by atoms with Gasteiger partial charge in [0.1, 0.15) is 11.9 Å². The number of hydrogen-bond donors (Lipinski definition) is 1. The molecule has 6 nitrogen and oxygen atoms in total. The summed E-state index contributed by atoms with van der Waals surface area (Å²) in [5, 5.41) is 2.27. The second-order valence-corrected chi connectivity index (χ2v) is 10.5. The zero-order chi connectivity index (χ0) is 25.4. The fourth-order valence-electron chi connectivity index (χ4n) is 4.93. The van der Waals surface area contributed by atoms with Gasteiger partial charge in [-0.2, -0.15) is 0 Å². The second kappa shape index (κ2) is 9.89. The lowest BCUT2D eigenvalue weighted by Gasteiger charge is -2.31. The van der Waals surface area contributed by atoms with Gasteiger partial charge < -0.3 is 4.90 Å². The van der Waals surface area contributed by atoms with Crippen LogP contribution >= 0.6 is 11.8 Å². The standard InChI is InChI=1S/C26H26F3N3O3S/c27-20-6-5-18-19(14-32(25(18)35)21-7-8-22(33)30-24(21)34)23(20)36-15-17-3-1-16(2-4-17)13-31-11-9-26(28,29)10-12-31/h1-6,21H,7-15H2,(H,30,33,34). The first-order valence-electron chi connectivity index (χ1n) is 12.0. The fourth-order valence-corrected chi connectivity index (χ4v) is 5.99. The minimum atomic E-state index is -2.56. The summed E-state index contributed by atoms with van der Waals surface area (Å²) in [6.45, 7) is 1.48. The van der Waals surface area contributed by atoms with Crippen LogP contribution in [0.2, 0.25) is 0 Å². The molecule has 0 aliphatic carbocycles.